The number of hydrogen-bond acceptors (Lipinski definition) is 5. The van der Waals surface area contributed by atoms with Crippen molar-refractivity contribution in [3.8, 4) is 0 Å². The van der Waals surface area contributed by atoms with Gasteiger partial charge >= 0.3 is 0 Å². The highest BCUT2D eigenvalue weighted by atomic mass is 32.2. The molecule has 0 aliphatic carbocycles. The molecule has 0 radical (unpaired) electrons. The van der Waals surface area contributed by atoms with E-state index in [0.717, 1.165) is 27.3 Å². The van der Waals surface area contributed by atoms with E-state index >= 15 is 0 Å². The Labute approximate surface area is 177 Å². The van der Waals surface area contributed by atoms with Gasteiger partial charge in [0.1, 0.15) is 6.54 Å². The molecule has 2 aromatic carbocycles. The number of nitro benzene ring substituents is 1. The highest BCUT2D eigenvalue weighted by molar-refractivity contribution is 7.92. The average Bonchev–Trinajstić information content (AvgIpc) is 2.64. The van der Waals surface area contributed by atoms with Gasteiger partial charge in [-0.05, 0) is 44.4 Å². The summed E-state index contributed by atoms with van der Waals surface area (Å²) in [6.45, 7) is 6.88. The van der Waals surface area contributed by atoms with Crippen molar-refractivity contribution in [2.24, 2.45) is 0 Å². The van der Waals surface area contributed by atoms with Crippen LogP contribution in [0.4, 0.5) is 11.4 Å². The van der Waals surface area contributed by atoms with Crippen LogP contribution >= 0.6 is 0 Å². The maximum Gasteiger partial charge on any atom is 0.274 e. The van der Waals surface area contributed by atoms with Gasteiger partial charge in [-0.2, -0.15) is 0 Å². The second-order valence-electron chi connectivity index (χ2n) is 7.34. The Kier molecular flexibility index (Phi) is 7.20. The summed E-state index contributed by atoms with van der Waals surface area (Å²) >= 11 is 0. The van der Waals surface area contributed by atoms with Gasteiger partial charge in [0.2, 0.25) is 15.9 Å². The summed E-state index contributed by atoms with van der Waals surface area (Å²) in [5.74, 6) is -0.488. The summed E-state index contributed by atoms with van der Waals surface area (Å²) < 4.78 is 25.7. The molecule has 0 saturated heterocycles. The first-order chi connectivity index (χ1) is 14.0. The van der Waals surface area contributed by atoms with Gasteiger partial charge in [0.25, 0.3) is 5.69 Å². The van der Waals surface area contributed by atoms with E-state index in [1.807, 2.05) is 39.0 Å². The molecule has 0 aliphatic heterocycles. The van der Waals surface area contributed by atoms with E-state index in [0.29, 0.717) is 6.42 Å². The molecule has 1 N–H and O–H groups in total. The number of sulfonamides is 1. The summed E-state index contributed by atoms with van der Waals surface area (Å²) in [4.78, 5) is 23.4. The smallest absolute Gasteiger partial charge is 0.274 e. The lowest BCUT2D eigenvalue weighted by Crippen LogP contribution is -2.42. The monoisotopic (exact) mass is 433 g/mol. The Hall–Kier alpha value is -2.94. The Morgan fingerprint density at radius 3 is 2.40 bits per heavy atom. The van der Waals surface area contributed by atoms with E-state index in [1.165, 1.54) is 25.1 Å². The fraction of sp³-hybridized carbons (Fsp3) is 0.381. The molecular weight excluding hydrogens is 406 g/mol. The highest BCUT2D eigenvalue weighted by Crippen LogP contribution is 2.30. The van der Waals surface area contributed by atoms with Crippen molar-refractivity contribution in [2.45, 2.75) is 40.2 Å². The number of amides is 1. The van der Waals surface area contributed by atoms with Crippen molar-refractivity contribution >= 4 is 27.3 Å². The molecule has 0 bridgehead atoms. The molecule has 0 aromatic heterocycles. The Bertz CT molecular complexity index is 1070. The lowest BCUT2D eigenvalue weighted by molar-refractivity contribution is -0.385. The molecule has 0 fully saturated rings. The number of nitro groups is 1. The zero-order chi connectivity index (χ0) is 22.6. The van der Waals surface area contributed by atoms with Crippen LogP contribution in [0.1, 0.15) is 41.6 Å². The van der Waals surface area contributed by atoms with Gasteiger partial charge in [-0.3, -0.25) is 19.2 Å². The molecule has 162 valence electrons. The third-order valence-corrected chi connectivity index (χ3v) is 6.10. The molecule has 8 nitrogen and oxygen atoms in total. The Morgan fingerprint density at radius 2 is 1.87 bits per heavy atom. The van der Waals surface area contributed by atoms with Gasteiger partial charge in [-0.1, -0.05) is 36.8 Å². The topological polar surface area (TPSA) is 110 Å². The van der Waals surface area contributed by atoms with Gasteiger partial charge < -0.3 is 5.32 Å². The summed E-state index contributed by atoms with van der Waals surface area (Å²) in [5.41, 5.74) is 3.21. The van der Waals surface area contributed by atoms with Crippen molar-refractivity contribution in [1.82, 2.24) is 5.32 Å². The molecule has 0 unspecified atom stereocenters. The fourth-order valence-corrected chi connectivity index (χ4v) is 4.35. The van der Waals surface area contributed by atoms with Crippen LogP contribution in [-0.2, 0) is 14.8 Å². The normalized spacial score (nSPS) is 12.3. The molecule has 0 heterocycles. The van der Waals surface area contributed by atoms with Crippen LogP contribution < -0.4 is 9.62 Å². The van der Waals surface area contributed by atoms with Crippen LogP contribution in [0.15, 0.2) is 36.4 Å². The van der Waals surface area contributed by atoms with E-state index in [-0.39, 0.29) is 23.0 Å². The molecule has 0 saturated carbocycles. The van der Waals surface area contributed by atoms with E-state index in [2.05, 4.69) is 5.32 Å². The predicted molar refractivity (Wildman–Crippen MR) is 117 cm³/mol. The summed E-state index contributed by atoms with van der Waals surface area (Å²) in [6, 6.07) is 9.83. The van der Waals surface area contributed by atoms with E-state index in [4.69, 9.17) is 0 Å². The Balaban J connectivity index is 2.33. The summed E-state index contributed by atoms with van der Waals surface area (Å²) in [5, 5.41) is 14.1. The van der Waals surface area contributed by atoms with E-state index in [1.54, 1.807) is 0 Å². The number of anilines is 1. The molecule has 1 amide bonds. The predicted octanol–water partition coefficient (Wildman–Crippen LogP) is 3.55. The van der Waals surface area contributed by atoms with Crippen molar-refractivity contribution in [3.63, 3.8) is 0 Å². The third kappa shape index (κ3) is 5.35. The number of aryl methyl sites for hydroxylation is 2. The molecule has 0 aliphatic rings. The van der Waals surface area contributed by atoms with E-state index < -0.39 is 27.4 Å². The lowest BCUT2D eigenvalue weighted by atomic mass is 9.97. The van der Waals surface area contributed by atoms with Crippen molar-refractivity contribution in [1.29, 1.82) is 0 Å². The average molecular weight is 434 g/mol. The van der Waals surface area contributed by atoms with Gasteiger partial charge in [-0.15, -0.1) is 0 Å². The number of nitrogens with zero attached hydrogens (tertiary/aromatic N) is 2. The first kappa shape index (κ1) is 23.3. The highest BCUT2D eigenvalue weighted by Gasteiger charge is 2.26. The second-order valence-corrected chi connectivity index (χ2v) is 9.24. The minimum absolute atomic E-state index is 0.112. The first-order valence-corrected chi connectivity index (χ1v) is 11.4. The third-order valence-electron chi connectivity index (χ3n) is 4.97. The minimum atomic E-state index is -3.85. The molecule has 0 spiro atoms. The SMILES string of the molecule is CC[C@H](NC(=O)CN(c1cccc([N+](=O)[O-])c1C)S(C)(=O)=O)c1ccc(C)cc1C. The van der Waals surface area contributed by atoms with Gasteiger partial charge in [0, 0.05) is 6.07 Å². The van der Waals surface area contributed by atoms with Crippen molar-refractivity contribution in [3.05, 3.63) is 68.8 Å². The van der Waals surface area contributed by atoms with Gasteiger partial charge in [-0.25, -0.2) is 8.42 Å². The number of hydrogen-bond donors (Lipinski definition) is 1. The maximum atomic E-state index is 12.8. The zero-order valence-corrected chi connectivity index (χ0v) is 18.6. The largest absolute Gasteiger partial charge is 0.348 e. The molecule has 9 heteroatoms. The number of carbonyl (C=O) groups is 1. The second kappa shape index (κ2) is 9.25. The van der Waals surface area contributed by atoms with Crippen LogP contribution in [0.2, 0.25) is 0 Å². The quantitative estimate of drug-likeness (QED) is 0.506. The summed E-state index contributed by atoms with van der Waals surface area (Å²) in [6.07, 6.45) is 1.60. The van der Waals surface area contributed by atoms with Crippen LogP contribution in [0, 0.1) is 30.9 Å². The number of nitrogens with one attached hydrogen (secondary N) is 1. The Morgan fingerprint density at radius 1 is 1.20 bits per heavy atom. The summed E-state index contributed by atoms with van der Waals surface area (Å²) in [7, 11) is -3.85. The van der Waals surface area contributed by atoms with Gasteiger partial charge in [0.15, 0.2) is 0 Å². The minimum Gasteiger partial charge on any atom is -0.348 e. The van der Waals surface area contributed by atoms with Crippen LogP contribution in [0.5, 0.6) is 0 Å². The molecule has 2 aromatic rings. The first-order valence-electron chi connectivity index (χ1n) is 9.54. The van der Waals surface area contributed by atoms with Crippen LogP contribution in [-0.4, -0.2) is 32.0 Å². The zero-order valence-electron chi connectivity index (χ0n) is 17.8. The molecule has 2 rings (SSSR count). The van der Waals surface area contributed by atoms with E-state index in [9.17, 15) is 23.3 Å². The van der Waals surface area contributed by atoms with Crippen LogP contribution in [0.25, 0.3) is 0 Å². The number of carbonyl (C=O) groups excluding carboxylic acids is 1. The number of benzene rings is 2. The maximum absolute atomic E-state index is 12.8. The fourth-order valence-electron chi connectivity index (χ4n) is 3.45. The van der Waals surface area contributed by atoms with Crippen LogP contribution in [0.3, 0.4) is 0 Å². The number of rotatable bonds is 8. The molecule has 30 heavy (non-hydrogen) atoms. The van der Waals surface area contributed by atoms with Gasteiger partial charge in [0.05, 0.1) is 28.5 Å². The molecule has 1 atom stereocenters. The van der Waals surface area contributed by atoms with Crippen molar-refractivity contribution in [2.75, 3.05) is 17.1 Å². The van der Waals surface area contributed by atoms with Crippen molar-refractivity contribution < 1.29 is 18.1 Å². The lowest BCUT2D eigenvalue weighted by Gasteiger charge is -2.25. The standard InChI is InChI=1S/C21H27N3O5S/c1-6-18(17-11-10-14(2)12-15(17)3)22-21(25)13-23(30(5,28)29)19-8-7-9-20(16(19)4)24(26)27/h7-12,18H,6,13H2,1-5H3,(H,22,25)/t18-/m0/s1. The molecular formula is C21H27N3O5S.